The number of aromatic nitrogens is 2. The molecule has 1 atom stereocenters. The summed E-state index contributed by atoms with van der Waals surface area (Å²) in [5, 5.41) is 6.15. The summed E-state index contributed by atoms with van der Waals surface area (Å²) < 4.78 is 1.68. The standard InChI is InChI=1S/C18H21Cl3N4O/c1-12-17(21)10-22-25(12)13(2)18(26)24-8-6-23(7-9-24)11-14-15(19)4-3-5-16(14)20/h3-5,10,13H,6-9,11H2,1-2H3. The zero-order valence-corrected chi connectivity index (χ0v) is 17.0. The highest BCUT2D eigenvalue weighted by Crippen LogP contribution is 2.26. The fourth-order valence-corrected chi connectivity index (χ4v) is 3.84. The van der Waals surface area contributed by atoms with Crippen LogP contribution in [-0.2, 0) is 11.3 Å². The van der Waals surface area contributed by atoms with Gasteiger partial charge in [-0.05, 0) is 26.0 Å². The molecule has 0 N–H and O–H groups in total. The number of benzene rings is 1. The van der Waals surface area contributed by atoms with Crippen molar-refractivity contribution in [3.8, 4) is 0 Å². The molecule has 1 unspecified atom stereocenters. The van der Waals surface area contributed by atoms with Crippen molar-refractivity contribution in [2.24, 2.45) is 0 Å². The first kappa shape index (κ1) is 19.5. The second kappa shape index (κ2) is 8.17. The Bertz CT molecular complexity index is 779. The van der Waals surface area contributed by atoms with Gasteiger partial charge in [-0.1, -0.05) is 40.9 Å². The number of nitrogens with zero attached hydrogens (tertiary/aromatic N) is 4. The Kier molecular flexibility index (Phi) is 6.13. The van der Waals surface area contributed by atoms with E-state index in [-0.39, 0.29) is 11.9 Å². The Morgan fingerprint density at radius 2 is 1.73 bits per heavy atom. The van der Waals surface area contributed by atoms with Gasteiger partial charge < -0.3 is 4.90 Å². The largest absolute Gasteiger partial charge is 0.338 e. The van der Waals surface area contributed by atoms with Crippen molar-refractivity contribution in [2.75, 3.05) is 26.2 Å². The molecule has 2 aromatic rings. The summed E-state index contributed by atoms with van der Waals surface area (Å²) in [6.45, 7) is 7.29. The summed E-state index contributed by atoms with van der Waals surface area (Å²) >= 11 is 18.6. The Morgan fingerprint density at radius 1 is 1.12 bits per heavy atom. The number of hydrogen-bond donors (Lipinski definition) is 0. The molecule has 8 heteroatoms. The monoisotopic (exact) mass is 414 g/mol. The third-order valence-electron chi connectivity index (χ3n) is 4.84. The lowest BCUT2D eigenvalue weighted by molar-refractivity contribution is -0.136. The molecule has 1 fully saturated rings. The van der Waals surface area contributed by atoms with Crippen LogP contribution in [0.15, 0.2) is 24.4 Å². The number of rotatable bonds is 4. The molecule has 1 aromatic heterocycles. The van der Waals surface area contributed by atoms with E-state index < -0.39 is 0 Å². The molecule has 1 aliphatic rings. The van der Waals surface area contributed by atoms with Gasteiger partial charge >= 0.3 is 0 Å². The predicted octanol–water partition coefficient (Wildman–Crippen LogP) is 4.06. The van der Waals surface area contributed by atoms with Crippen molar-refractivity contribution >= 4 is 40.7 Å². The second-order valence-corrected chi connectivity index (χ2v) is 7.72. The van der Waals surface area contributed by atoms with Crippen LogP contribution in [0.3, 0.4) is 0 Å². The van der Waals surface area contributed by atoms with Crippen LogP contribution in [0, 0.1) is 6.92 Å². The molecule has 1 saturated heterocycles. The molecule has 3 rings (SSSR count). The Labute approximate surface area is 168 Å². The normalized spacial score (nSPS) is 16.7. The van der Waals surface area contributed by atoms with Gasteiger partial charge in [0.25, 0.3) is 0 Å². The summed E-state index contributed by atoms with van der Waals surface area (Å²) in [5.41, 5.74) is 1.74. The van der Waals surface area contributed by atoms with Crippen LogP contribution in [-0.4, -0.2) is 51.7 Å². The highest BCUT2D eigenvalue weighted by molar-refractivity contribution is 6.36. The third-order valence-corrected chi connectivity index (χ3v) is 5.92. The third kappa shape index (κ3) is 4.01. The first-order valence-electron chi connectivity index (χ1n) is 8.52. The summed E-state index contributed by atoms with van der Waals surface area (Å²) in [4.78, 5) is 16.9. The maximum atomic E-state index is 12.8. The number of halogens is 3. The molecular weight excluding hydrogens is 395 g/mol. The van der Waals surface area contributed by atoms with E-state index in [9.17, 15) is 4.79 Å². The zero-order chi connectivity index (χ0) is 18.8. The van der Waals surface area contributed by atoms with Gasteiger partial charge in [0.2, 0.25) is 5.91 Å². The molecule has 1 amide bonds. The van der Waals surface area contributed by atoms with E-state index in [4.69, 9.17) is 34.8 Å². The van der Waals surface area contributed by atoms with Crippen LogP contribution in [0.25, 0.3) is 0 Å². The average molecular weight is 416 g/mol. The van der Waals surface area contributed by atoms with Crippen LogP contribution in [0.1, 0.15) is 24.2 Å². The van der Waals surface area contributed by atoms with Gasteiger partial charge in [0.05, 0.1) is 16.9 Å². The molecular formula is C18H21Cl3N4O. The molecule has 1 aliphatic heterocycles. The maximum absolute atomic E-state index is 12.8. The first-order chi connectivity index (χ1) is 12.4. The fraction of sp³-hybridized carbons (Fsp3) is 0.444. The number of amides is 1. The van der Waals surface area contributed by atoms with Gasteiger partial charge in [-0.15, -0.1) is 0 Å². The summed E-state index contributed by atoms with van der Waals surface area (Å²) in [6, 6.07) is 5.17. The van der Waals surface area contributed by atoms with Crippen LogP contribution in [0.4, 0.5) is 0 Å². The number of piperazine rings is 1. The molecule has 0 bridgehead atoms. The number of carbonyl (C=O) groups is 1. The molecule has 2 heterocycles. The second-order valence-electron chi connectivity index (χ2n) is 6.50. The van der Waals surface area contributed by atoms with Crippen molar-refractivity contribution in [3.63, 3.8) is 0 Å². The van der Waals surface area contributed by atoms with Crippen LogP contribution in [0.5, 0.6) is 0 Å². The molecule has 1 aromatic carbocycles. The van der Waals surface area contributed by atoms with E-state index in [1.807, 2.05) is 36.9 Å². The van der Waals surface area contributed by atoms with Gasteiger partial charge in [-0.3, -0.25) is 14.4 Å². The average Bonchev–Trinajstić information content (AvgIpc) is 2.97. The van der Waals surface area contributed by atoms with Crippen molar-refractivity contribution in [2.45, 2.75) is 26.4 Å². The summed E-state index contributed by atoms with van der Waals surface area (Å²) in [5.74, 6) is 0.0586. The lowest BCUT2D eigenvalue weighted by atomic mass is 10.2. The van der Waals surface area contributed by atoms with E-state index >= 15 is 0 Å². The molecule has 0 aliphatic carbocycles. The lowest BCUT2D eigenvalue weighted by Gasteiger charge is -2.36. The van der Waals surface area contributed by atoms with Gasteiger partial charge in [0, 0.05) is 48.3 Å². The Hall–Kier alpha value is -1.27. The topological polar surface area (TPSA) is 41.4 Å². The van der Waals surface area contributed by atoms with Gasteiger partial charge in [-0.25, -0.2) is 0 Å². The van der Waals surface area contributed by atoms with Gasteiger partial charge in [0.15, 0.2) is 0 Å². The van der Waals surface area contributed by atoms with E-state index in [2.05, 4.69) is 10.00 Å². The van der Waals surface area contributed by atoms with E-state index in [1.165, 1.54) is 0 Å². The van der Waals surface area contributed by atoms with Crippen molar-refractivity contribution in [1.82, 2.24) is 19.6 Å². The number of hydrogen-bond acceptors (Lipinski definition) is 3. The van der Waals surface area contributed by atoms with Crippen molar-refractivity contribution in [3.05, 3.63) is 50.7 Å². The van der Waals surface area contributed by atoms with Crippen molar-refractivity contribution < 1.29 is 4.79 Å². The van der Waals surface area contributed by atoms with Crippen LogP contribution < -0.4 is 0 Å². The highest BCUT2D eigenvalue weighted by Gasteiger charge is 2.27. The van der Waals surface area contributed by atoms with E-state index in [0.717, 1.165) is 24.3 Å². The number of carbonyl (C=O) groups excluding carboxylic acids is 1. The van der Waals surface area contributed by atoms with Gasteiger partial charge in [0.1, 0.15) is 6.04 Å². The first-order valence-corrected chi connectivity index (χ1v) is 9.65. The summed E-state index contributed by atoms with van der Waals surface area (Å²) in [7, 11) is 0. The van der Waals surface area contributed by atoms with Crippen molar-refractivity contribution in [1.29, 1.82) is 0 Å². The maximum Gasteiger partial charge on any atom is 0.247 e. The molecule has 26 heavy (non-hydrogen) atoms. The Morgan fingerprint density at radius 3 is 2.27 bits per heavy atom. The lowest BCUT2D eigenvalue weighted by Crippen LogP contribution is -2.50. The van der Waals surface area contributed by atoms with Crippen LogP contribution >= 0.6 is 34.8 Å². The fourth-order valence-electron chi connectivity index (χ4n) is 3.20. The van der Waals surface area contributed by atoms with E-state index in [1.54, 1.807) is 10.9 Å². The summed E-state index contributed by atoms with van der Waals surface area (Å²) in [6.07, 6.45) is 1.58. The smallest absolute Gasteiger partial charge is 0.247 e. The van der Waals surface area contributed by atoms with Crippen LogP contribution in [0.2, 0.25) is 15.1 Å². The molecule has 0 saturated carbocycles. The van der Waals surface area contributed by atoms with E-state index in [0.29, 0.717) is 34.7 Å². The molecule has 0 radical (unpaired) electrons. The predicted molar refractivity (Wildman–Crippen MR) is 105 cm³/mol. The van der Waals surface area contributed by atoms with Gasteiger partial charge in [-0.2, -0.15) is 5.10 Å². The minimum absolute atomic E-state index is 0.0586. The quantitative estimate of drug-likeness (QED) is 0.756. The Balaban J connectivity index is 1.59. The highest BCUT2D eigenvalue weighted by atomic mass is 35.5. The molecule has 5 nitrogen and oxygen atoms in total. The minimum Gasteiger partial charge on any atom is -0.338 e. The minimum atomic E-state index is -0.368. The molecule has 140 valence electrons. The molecule has 0 spiro atoms. The SMILES string of the molecule is Cc1c(Cl)cnn1C(C)C(=O)N1CCN(Cc2c(Cl)cccc2Cl)CC1. The zero-order valence-electron chi connectivity index (χ0n) is 14.8.